The van der Waals surface area contributed by atoms with Crippen LogP contribution in [0.5, 0.6) is 0 Å². The van der Waals surface area contributed by atoms with Gasteiger partial charge in [0.05, 0.1) is 21.1 Å². The van der Waals surface area contributed by atoms with Crippen molar-refractivity contribution < 1.29 is 13.6 Å². The third-order valence-electron chi connectivity index (χ3n) is 8.01. The van der Waals surface area contributed by atoms with Gasteiger partial charge in [0.2, 0.25) is 0 Å². The van der Waals surface area contributed by atoms with Crippen molar-refractivity contribution in [2.75, 3.05) is 18.0 Å². The molecule has 4 aromatic carbocycles. The smallest absolute Gasteiger partial charge is 0.159 e. The van der Waals surface area contributed by atoms with Crippen molar-refractivity contribution in [1.82, 2.24) is 14.9 Å². The summed E-state index contributed by atoms with van der Waals surface area (Å²) in [6.45, 7) is 8.67. The minimum absolute atomic E-state index is 0.0524. The van der Waals surface area contributed by atoms with E-state index in [1.165, 1.54) is 6.07 Å². The van der Waals surface area contributed by atoms with Crippen molar-refractivity contribution in [3.63, 3.8) is 0 Å². The number of nitrogens with zero attached hydrogens (tertiary/aromatic N) is 3. The van der Waals surface area contributed by atoms with Crippen LogP contribution >= 0.6 is 23.2 Å². The molecule has 5 rings (SSSR count). The maximum atomic E-state index is 14.2. The van der Waals surface area contributed by atoms with E-state index in [-0.39, 0.29) is 11.8 Å². The summed E-state index contributed by atoms with van der Waals surface area (Å²) in [5.41, 5.74) is 6.13. The number of hydrogen-bond acceptors (Lipinski definition) is 4. The average molecular weight is 664 g/mol. The number of anilines is 1. The molecule has 0 spiro atoms. The molecule has 5 nitrogen and oxygen atoms in total. The number of nitrogens with one attached hydrogen (secondary N) is 1. The van der Waals surface area contributed by atoms with Crippen molar-refractivity contribution >= 4 is 45.7 Å². The quantitative estimate of drug-likeness (QED) is 0.129. The third-order valence-corrected chi connectivity index (χ3v) is 8.74. The number of carbonyl (C=O) groups excluding carboxylic acids is 1. The van der Waals surface area contributed by atoms with E-state index in [0.717, 1.165) is 65.4 Å². The van der Waals surface area contributed by atoms with Gasteiger partial charge < -0.3 is 14.8 Å². The fraction of sp³-hybridized carbons (Fsp3) is 0.297. The predicted octanol–water partition coefficient (Wildman–Crippen LogP) is 9.77. The molecule has 0 aliphatic rings. The standard InChI is InChI=1S/C37H38Cl2F2N4O/c1-4-16-44(17-5-2)29-11-8-27(9-12-29)37-43-35-21-28(10-15-36(35)45(37)23-26-7-14-32(40)33(41)20-26)34(18-24(3)46)42-22-25-6-13-30(38)31(39)19-25/h6-15,19-21,34,42H,4-5,16-18,22-23H2,1-3H3. The van der Waals surface area contributed by atoms with Gasteiger partial charge >= 0.3 is 0 Å². The molecular formula is C37H38Cl2F2N4O. The lowest BCUT2D eigenvalue weighted by Gasteiger charge is -2.24. The Balaban J connectivity index is 1.53. The number of Topliss-reactive ketones (excluding diaryl/α,β-unsaturated/α-hetero) is 1. The van der Waals surface area contributed by atoms with E-state index in [0.29, 0.717) is 40.9 Å². The highest BCUT2D eigenvalue weighted by molar-refractivity contribution is 6.42. The largest absolute Gasteiger partial charge is 0.372 e. The SMILES string of the molecule is CCCN(CCC)c1ccc(-c2nc3cc(C(CC(C)=O)NCc4ccc(Cl)c(Cl)c4)ccc3n2Cc2ccc(F)c(F)c2)cc1. The molecule has 0 aliphatic heterocycles. The lowest BCUT2D eigenvalue weighted by molar-refractivity contribution is -0.117. The molecule has 9 heteroatoms. The number of carbonyl (C=O) groups is 1. The van der Waals surface area contributed by atoms with E-state index in [1.807, 2.05) is 34.9 Å². The summed E-state index contributed by atoms with van der Waals surface area (Å²) in [7, 11) is 0. The zero-order valence-corrected chi connectivity index (χ0v) is 27.8. The Morgan fingerprint density at radius 3 is 2.24 bits per heavy atom. The van der Waals surface area contributed by atoms with Crippen molar-refractivity contribution in [3.05, 3.63) is 117 Å². The molecular weight excluding hydrogens is 625 g/mol. The van der Waals surface area contributed by atoms with Crippen molar-refractivity contribution in [2.24, 2.45) is 0 Å². The minimum Gasteiger partial charge on any atom is -0.372 e. The summed E-state index contributed by atoms with van der Waals surface area (Å²) >= 11 is 12.3. The summed E-state index contributed by atoms with van der Waals surface area (Å²) in [4.78, 5) is 19.7. The number of rotatable bonds is 14. The number of hydrogen-bond donors (Lipinski definition) is 1. The minimum atomic E-state index is -0.887. The van der Waals surface area contributed by atoms with Crippen LogP contribution in [0.2, 0.25) is 10.0 Å². The van der Waals surface area contributed by atoms with Gasteiger partial charge in [-0.3, -0.25) is 4.79 Å². The molecule has 0 aliphatic carbocycles. The van der Waals surface area contributed by atoms with Gasteiger partial charge in [-0.05, 0) is 97.1 Å². The molecule has 0 amide bonds. The van der Waals surface area contributed by atoms with Crippen LogP contribution in [0.3, 0.4) is 0 Å². The number of halogens is 4. The van der Waals surface area contributed by atoms with E-state index in [9.17, 15) is 13.6 Å². The van der Waals surface area contributed by atoms with Crippen molar-refractivity contribution in [1.29, 1.82) is 0 Å². The molecule has 1 N–H and O–H groups in total. The number of aromatic nitrogens is 2. The molecule has 1 unspecified atom stereocenters. The Hall–Kier alpha value is -3.78. The van der Waals surface area contributed by atoms with E-state index >= 15 is 0 Å². The van der Waals surface area contributed by atoms with Gasteiger partial charge in [0.1, 0.15) is 11.6 Å². The second kappa shape index (κ2) is 15.2. The zero-order chi connectivity index (χ0) is 32.8. The first-order chi connectivity index (χ1) is 22.2. The van der Waals surface area contributed by atoms with Gasteiger partial charge in [0.25, 0.3) is 0 Å². The number of benzene rings is 4. The predicted molar refractivity (Wildman–Crippen MR) is 185 cm³/mol. The normalized spacial score (nSPS) is 12.1. The highest BCUT2D eigenvalue weighted by atomic mass is 35.5. The van der Waals surface area contributed by atoms with Crippen LogP contribution in [0.1, 0.15) is 62.8 Å². The Morgan fingerprint density at radius 1 is 0.870 bits per heavy atom. The summed E-state index contributed by atoms with van der Waals surface area (Å²) in [5.74, 6) is -1.00. The fourth-order valence-corrected chi connectivity index (χ4v) is 6.10. The van der Waals surface area contributed by atoms with Gasteiger partial charge in [-0.2, -0.15) is 0 Å². The zero-order valence-electron chi connectivity index (χ0n) is 26.3. The number of imidazole rings is 1. The monoisotopic (exact) mass is 662 g/mol. The van der Waals surface area contributed by atoms with Gasteiger partial charge in [-0.15, -0.1) is 0 Å². The molecule has 1 atom stereocenters. The third kappa shape index (κ3) is 7.95. The first-order valence-electron chi connectivity index (χ1n) is 15.6. The molecule has 1 aromatic heterocycles. The maximum absolute atomic E-state index is 14.2. The van der Waals surface area contributed by atoms with Crippen LogP contribution in [-0.2, 0) is 17.9 Å². The molecule has 0 fully saturated rings. The summed E-state index contributed by atoms with van der Waals surface area (Å²) in [6, 6.07) is 23.5. The van der Waals surface area contributed by atoms with Gasteiger partial charge in [-0.25, -0.2) is 13.8 Å². The van der Waals surface area contributed by atoms with Crippen LogP contribution in [0.15, 0.2) is 78.9 Å². The average Bonchev–Trinajstić information content (AvgIpc) is 3.39. The lowest BCUT2D eigenvalue weighted by Crippen LogP contribution is -2.24. The van der Waals surface area contributed by atoms with E-state index < -0.39 is 11.6 Å². The van der Waals surface area contributed by atoms with Crippen LogP contribution in [-0.4, -0.2) is 28.4 Å². The van der Waals surface area contributed by atoms with Gasteiger partial charge in [-0.1, -0.05) is 55.2 Å². The fourth-order valence-electron chi connectivity index (χ4n) is 5.78. The summed E-state index contributed by atoms with van der Waals surface area (Å²) in [6.07, 6.45) is 2.41. The Bertz CT molecular complexity index is 1820. The van der Waals surface area contributed by atoms with Gasteiger partial charge in [0.15, 0.2) is 11.6 Å². The number of ketones is 1. The van der Waals surface area contributed by atoms with Crippen LogP contribution in [0.25, 0.3) is 22.4 Å². The van der Waals surface area contributed by atoms with Crippen molar-refractivity contribution in [3.8, 4) is 11.4 Å². The van der Waals surface area contributed by atoms with Gasteiger partial charge in [0, 0.05) is 49.9 Å². The Morgan fingerprint density at radius 2 is 1.59 bits per heavy atom. The van der Waals surface area contributed by atoms with Crippen LogP contribution in [0, 0.1) is 11.6 Å². The second-order valence-electron chi connectivity index (χ2n) is 11.6. The van der Waals surface area contributed by atoms with Crippen LogP contribution < -0.4 is 10.2 Å². The molecule has 0 bridgehead atoms. The first-order valence-corrected chi connectivity index (χ1v) is 16.4. The molecule has 1 heterocycles. The molecule has 46 heavy (non-hydrogen) atoms. The van der Waals surface area contributed by atoms with Crippen molar-refractivity contribution in [2.45, 2.75) is 59.2 Å². The Kier molecular flexibility index (Phi) is 11.1. The van der Waals surface area contributed by atoms with E-state index in [2.05, 4.69) is 48.3 Å². The van der Waals surface area contributed by atoms with E-state index in [1.54, 1.807) is 19.1 Å². The molecule has 0 saturated carbocycles. The van der Waals surface area contributed by atoms with E-state index in [4.69, 9.17) is 28.2 Å². The molecule has 240 valence electrons. The summed E-state index contributed by atoms with van der Waals surface area (Å²) in [5, 5.41) is 4.46. The topological polar surface area (TPSA) is 50.2 Å². The molecule has 5 aromatic rings. The Labute approximate surface area is 279 Å². The highest BCUT2D eigenvalue weighted by Crippen LogP contribution is 2.31. The molecule has 0 radical (unpaired) electrons. The highest BCUT2D eigenvalue weighted by Gasteiger charge is 2.19. The summed E-state index contributed by atoms with van der Waals surface area (Å²) < 4.78 is 30.0. The molecule has 0 saturated heterocycles. The first kappa shape index (κ1) is 33.6. The maximum Gasteiger partial charge on any atom is 0.159 e. The number of fused-ring (bicyclic) bond motifs is 1. The van der Waals surface area contributed by atoms with Crippen LogP contribution in [0.4, 0.5) is 14.5 Å². The lowest BCUT2D eigenvalue weighted by atomic mass is 10.0. The second-order valence-corrected chi connectivity index (χ2v) is 12.5.